The Morgan fingerprint density at radius 3 is 2.43 bits per heavy atom. The third kappa shape index (κ3) is 5.95. The number of ether oxygens (including phenoxy) is 2. The van der Waals surface area contributed by atoms with Gasteiger partial charge >= 0.3 is 0 Å². The van der Waals surface area contributed by atoms with Gasteiger partial charge in [0.2, 0.25) is 5.91 Å². The van der Waals surface area contributed by atoms with Gasteiger partial charge in [0.1, 0.15) is 11.9 Å². The van der Waals surface area contributed by atoms with Gasteiger partial charge in [0.05, 0.1) is 43.4 Å². The highest BCUT2D eigenvalue weighted by molar-refractivity contribution is 5.94. The second-order valence-electron chi connectivity index (χ2n) is 9.98. The first-order valence-corrected chi connectivity index (χ1v) is 13.0. The number of aliphatic hydroxyl groups is 1. The second-order valence-corrected chi connectivity index (χ2v) is 9.98. The molecule has 37 heavy (non-hydrogen) atoms. The number of anilines is 1. The molecule has 1 N–H and O–H groups in total. The summed E-state index contributed by atoms with van der Waals surface area (Å²) in [7, 11) is 0. The fraction of sp³-hybridized carbons (Fsp3) is 0.500. The summed E-state index contributed by atoms with van der Waals surface area (Å²) < 4.78 is 26.3. The predicted molar refractivity (Wildman–Crippen MR) is 136 cm³/mol. The first-order chi connectivity index (χ1) is 18.0. The van der Waals surface area contributed by atoms with Crippen LogP contribution in [0.25, 0.3) is 0 Å². The van der Waals surface area contributed by atoms with Crippen LogP contribution in [0.15, 0.2) is 54.6 Å². The molecule has 2 aromatic rings. The van der Waals surface area contributed by atoms with Crippen molar-refractivity contribution in [2.75, 3.05) is 50.8 Å². The van der Waals surface area contributed by atoms with E-state index in [0.717, 1.165) is 13.1 Å². The predicted octanol–water partition coefficient (Wildman–Crippen LogP) is 2.31. The Labute approximate surface area is 216 Å². The number of halogens is 1. The molecule has 2 aromatic carbocycles. The van der Waals surface area contributed by atoms with Crippen LogP contribution in [0.4, 0.5) is 10.1 Å². The van der Waals surface area contributed by atoms with Crippen molar-refractivity contribution >= 4 is 17.5 Å². The Bertz CT molecular complexity index is 1080. The molecular weight excluding hydrogens is 477 g/mol. The number of amides is 2. The number of benzene rings is 2. The lowest BCUT2D eigenvalue weighted by atomic mass is 9.94. The normalized spacial score (nSPS) is 26.7. The van der Waals surface area contributed by atoms with Gasteiger partial charge in [-0.3, -0.25) is 9.59 Å². The number of β-amino-alcohol motifs (C(OH)–C–C–N with tert-alkyl or cyclic N) is 1. The van der Waals surface area contributed by atoms with Crippen LogP contribution < -0.4 is 4.90 Å². The molecule has 3 aliphatic heterocycles. The van der Waals surface area contributed by atoms with Gasteiger partial charge in [0.15, 0.2) is 0 Å². The van der Waals surface area contributed by atoms with E-state index in [1.54, 1.807) is 6.07 Å². The van der Waals surface area contributed by atoms with E-state index in [2.05, 4.69) is 17.0 Å². The van der Waals surface area contributed by atoms with Crippen molar-refractivity contribution < 1.29 is 28.6 Å². The minimum absolute atomic E-state index is 0.0260. The molecule has 0 aromatic heterocycles. The summed E-state index contributed by atoms with van der Waals surface area (Å²) in [6, 6.07) is 15.7. The number of hydrogen-bond donors (Lipinski definition) is 1. The van der Waals surface area contributed by atoms with E-state index in [1.807, 2.05) is 23.1 Å². The number of hydrogen-bond acceptors (Lipinski definition) is 6. The molecule has 0 bridgehead atoms. The molecule has 2 amide bonds. The minimum atomic E-state index is -0.870. The molecule has 3 aliphatic rings. The highest BCUT2D eigenvalue weighted by Crippen LogP contribution is 2.29. The van der Waals surface area contributed by atoms with Crippen LogP contribution >= 0.6 is 0 Å². The minimum Gasteiger partial charge on any atom is -0.389 e. The van der Waals surface area contributed by atoms with E-state index in [0.29, 0.717) is 25.9 Å². The Morgan fingerprint density at radius 2 is 1.68 bits per heavy atom. The maximum absolute atomic E-state index is 14.4. The van der Waals surface area contributed by atoms with Crippen molar-refractivity contribution in [3.05, 3.63) is 66.0 Å². The smallest absolute Gasteiger partial charge is 0.257 e. The molecule has 0 aliphatic carbocycles. The van der Waals surface area contributed by atoms with Crippen molar-refractivity contribution in [2.45, 2.75) is 43.6 Å². The molecule has 0 saturated carbocycles. The Morgan fingerprint density at radius 1 is 0.946 bits per heavy atom. The van der Waals surface area contributed by atoms with Crippen molar-refractivity contribution in [1.29, 1.82) is 0 Å². The average Bonchev–Trinajstić information content (AvgIpc) is 2.91. The summed E-state index contributed by atoms with van der Waals surface area (Å²) in [4.78, 5) is 32.1. The molecule has 3 heterocycles. The SMILES string of the molecule is O=C(C[C@@H]1CC[C@@H]2[C@H](COC[C@@H](O)CN2C(=O)c2ccccc2F)O1)N1CCN(c2ccccc2)CC1. The fourth-order valence-electron chi connectivity index (χ4n) is 5.54. The summed E-state index contributed by atoms with van der Waals surface area (Å²) in [5.74, 6) is -0.995. The highest BCUT2D eigenvalue weighted by atomic mass is 19.1. The van der Waals surface area contributed by atoms with Gasteiger partial charge in [0, 0.05) is 38.4 Å². The van der Waals surface area contributed by atoms with E-state index >= 15 is 0 Å². The van der Waals surface area contributed by atoms with Gasteiger partial charge < -0.3 is 29.3 Å². The lowest BCUT2D eigenvalue weighted by Gasteiger charge is -2.45. The van der Waals surface area contributed by atoms with E-state index < -0.39 is 23.9 Å². The molecule has 9 heteroatoms. The van der Waals surface area contributed by atoms with Crippen molar-refractivity contribution in [3.8, 4) is 0 Å². The van der Waals surface area contributed by atoms with E-state index in [9.17, 15) is 19.1 Å². The zero-order chi connectivity index (χ0) is 25.8. The van der Waals surface area contributed by atoms with Crippen molar-refractivity contribution in [2.24, 2.45) is 0 Å². The first kappa shape index (κ1) is 25.6. The third-order valence-corrected chi connectivity index (χ3v) is 7.50. The van der Waals surface area contributed by atoms with Crippen molar-refractivity contribution in [1.82, 2.24) is 9.80 Å². The zero-order valence-corrected chi connectivity index (χ0v) is 20.9. The van der Waals surface area contributed by atoms with Crippen LogP contribution in [0.3, 0.4) is 0 Å². The second kappa shape index (κ2) is 11.6. The number of fused-ring (bicyclic) bond motifs is 1. The van der Waals surface area contributed by atoms with Crippen LogP contribution in [0.1, 0.15) is 29.6 Å². The van der Waals surface area contributed by atoms with E-state index in [4.69, 9.17) is 9.47 Å². The third-order valence-electron chi connectivity index (χ3n) is 7.50. The molecule has 8 nitrogen and oxygen atoms in total. The summed E-state index contributed by atoms with van der Waals surface area (Å²) in [6.07, 6.45) is -0.151. The summed E-state index contributed by atoms with van der Waals surface area (Å²) in [5.41, 5.74) is 1.14. The van der Waals surface area contributed by atoms with Gasteiger partial charge in [-0.05, 0) is 37.1 Å². The average molecular weight is 512 g/mol. The van der Waals surface area contributed by atoms with Crippen molar-refractivity contribution in [3.63, 3.8) is 0 Å². The number of para-hydroxylation sites is 1. The van der Waals surface area contributed by atoms with Crippen LogP contribution in [0.5, 0.6) is 0 Å². The van der Waals surface area contributed by atoms with Crippen LogP contribution in [-0.2, 0) is 14.3 Å². The largest absolute Gasteiger partial charge is 0.389 e. The van der Waals surface area contributed by atoms with Gasteiger partial charge in [-0.15, -0.1) is 0 Å². The van der Waals surface area contributed by atoms with Crippen LogP contribution in [0.2, 0.25) is 0 Å². The maximum Gasteiger partial charge on any atom is 0.257 e. The van der Waals surface area contributed by atoms with Gasteiger partial charge in [-0.1, -0.05) is 30.3 Å². The van der Waals surface area contributed by atoms with Gasteiger partial charge in [-0.25, -0.2) is 4.39 Å². The summed E-state index contributed by atoms with van der Waals surface area (Å²) in [6.45, 7) is 3.19. The van der Waals surface area contributed by atoms with Crippen LogP contribution in [0, 0.1) is 5.82 Å². The first-order valence-electron chi connectivity index (χ1n) is 13.0. The monoisotopic (exact) mass is 511 g/mol. The zero-order valence-electron chi connectivity index (χ0n) is 20.9. The molecule has 4 atom stereocenters. The van der Waals surface area contributed by atoms with E-state index in [-0.39, 0.29) is 49.8 Å². The van der Waals surface area contributed by atoms with E-state index in [1.165, 1.54) is 28.8 Å². The number of nitrogens with zero attached hydrogens (tertiary/aromatic N) is 3. The maximum atomic E-state index is 14.4. The summed E-state index contributed by atoms with van der Waals surface area (Å²) in [5, 5.41) is 10.3. The Hall–Kier alpha value is -3.01. The topological polar surface area (TPSA) is 82.5 Å². The number of piperazine rings is 1. The van der Waals surface area contributed by atoms with Gasteiger partial charge in [0.25, 0.3) is 5.91 Å². The Balaban J connectivity index is 1.20. The molecule has 0 spiro atoms. The molecule has 0 unspecified atom stereocenters. The Kier molecular flexibility index (Phi) is 8.02. The lowest BCUT2D eigenvalue weighted by molar-refractivity contribution is -0.155. The van der Waals surface area contributed by atoms with Crippen LogP contribution in [-0.4, -0.2) is 97.0 Å². The number of rotatable bonds is 4. The summed E-state index contributed by atoms with van der Waals surface area (Å²) >= 11 is 0. The fourth-order valence-corrected chi connectivity index (χ4v) is 5.54. The molecular formula is C28H34FN3O5. The molecule has 3 fully saturated rings. The number of carbonyl (C=O) groups is 2. The number of aliphatic hydroxyl groups excluding tert-OH is 1. The quantitative estimate of drug-likeness (QED) is 0.679. The van der Waals surface area contributed by atoms with Gasteiger partial charge in [-0.2, -0.15) is 0 Å². The standard InChI is InChI=1S/C28H34FN3O5/c29-24-9-5-4-8-23(24)28(35)32-17-21(33)18-36-19-26-25(32)11-10-22(37-26)16-27(34)31-14-12-30(13-15-31)20-6-2-1-3-7-20/h1-9,21-22,25-26,33H,10-19H2/t21-,22-,25+,26-/m0/s1. The molecule has 5 rings (SSSR count). The molecule has 0 radical (unpaired) electrons. The molecule has 3 saturated heterocycles. The number of carbonyl (C=O) groups excluding carboxylic acids is 2. The molecule has 198 valence electrons. The highest BCUT2D eigenvalue weighted by Gasteiger charge is 2.41. The lowest BCUT2D eigenvalue weighted by Crippen LogP contribution is -2.58.